The van der Waals surface area contributed by atoms with Gasteiger partial charge in [0.15, 0.2) is 0 Å². The molecule has 6 heteroatoms. The van der Waals surface area contributed by atoms with E-state index in [1.54, 1.807) is 10.6 Å². The molecular weight excluding hydrogens is 193 g/mol. The summed E-state index contributed by atoms with van der Waals surface area (Å²) in [4.78, 5) is 8.43. The van der Waals surface area contributed by atoms with Crippen LogP contribution in [0, 0.1) is 0 Å². The number of nitrogens with zero attached hydrogens (tertiary/aromatic N) is 3. The van der Waals surface area contributed by atoms with Crippen molar-refractivity contribution in [1.29, 1.82) is 0 Å². The maximum Gasteiger partial charge on any atom is 0.491 e. The molecule has 5 nitrogen and oxygen atoms in total. The Labute approximate surface area is 86.6 Å². The summed E-state index contributed by atoms with van der Waals surface area (Å²) in [5.74, 6) is 1.19. The van der Waals surface area contributed by atoms with Gasteiger partial charge < -0.3 is 10.0 Å². The van der Waals surface area contributed by atoms with Crippen LogP contribution in [0.2, 0.25) is 0 Å². The number of aromatic nitrogens is 3. The van der Waals surface area contributed by atoms with Crippen LogP contribution in [0.1, 0.15) is 24.5 Å². The van der Waals surface area contributed by atoms with Crippen LogP contribution in [0.4, 0.5) is 0 Å². The van der Waals surface area contributed by atoms with Crippen molar-refractivity contribution in [2.45, 2.75) is 18.8 Å². The number of hydrogen-bond donors (Lipinski definition) is 2. The molecule has 2 aromatic heterocycles. The summed E-state index contributed by atoms with van der Waals surface area (Å²) < 4.78 is 1.74. The van der Waals surface area contributed by atoms with E-state index in [2.05, 4.69) is 9.97 Å². The van der Waals surface area contributed by atoms with Gasteiger partial charge in [-0.25, -0.2) is 9.97 Å². The number of hydrogen-bond acceptors (Lipinski definition) is 4. The maximum absolute atomic E-state index is 8.99. The molecular formula is C9H10BN3O2. The van der Waals surface area contributed by atoms with Crippen LogP contribution in [-0.4, -0.2) is 31.5 Å². The van der Waals surface area contributed by atoms with Crippen LogP contribution < -0.4 is 5.46 Å². The molecule has 0 spiro atoms. The fourth-order valence-corrected chi connectivity index (χ4v) is 1.63. The van der Waals surface area contributed by atoms with Gasteiger partial charge in [-0.3, -0.25) is 4.40 Å². The second kappa shape index (κ2) is 3.05. The summed E-state index contributed by atoms with van der Waals surface area (Å²) in [5, 5.41) is 18.0. The second-order valence-electron chi connectivity index (χ2n) is 3.91. The van der Waals surface area contributed by atoms with Gasteiger partial charge in [0.2, 0.25) is 5.78 Å². The van der Waals surface area contributed by atoms with Gasteiger partial charge >= 0.3 is 7.12 Å². The quantitative estimate of drug-likeness (QED) is 0.632. The Kier molecular flexibility index (Phi) is 1.80. The maximum atomic E-state index is 8.99. The Hall–Kier alpha value is -1.40. The molecule has 3 rings (SSSR count). The lowest BCUT2D eigenvalue weighted by Gasteiger charge is -1.98. The van der Waals surface area contributed by atoms with Gasteiger partial charge in [-0.2, -0.15) is 0 Å². The molecule has 1 saturated carbocycles. The molecule has 2 aromatic rings. The highest BCUT2D eigenvalue weighted by Crippen LogP contribution is 2.39. The van der Waals surface area contributed by atoms with Crippen LogP contribution in [0.15, 0.2) is 18.6 Å². The standard InChI is InChI=1S/C9H10BN3O2/c14-10(15)7-3-11-9-12-8(6-1-2-6)5-13(9)4-7/h3-6,14-15H,1-2H2. The van der Waals surface area contributed by atoms with Gasteiger partial charge in [0, 0.05) is 30.0 Å². The minimum absolute atomic E-state index is 0.377. The van der Waals surface area contributed by atoms with Crippen molar-refractivity contribution in [1.82, 2.24) is 14.4 Å². The van der Waals surface area contributed by atoms with Crippen molar-refractivity contribution < 1.29 is 10.0 Å². The van der Waals surface area contributed by atoms with E-state index >= 15 is 0 Å². The van der Waals surface area contributed by atoms with Gasteiger partial charge in [0.25, 0.3) is 0 Å². The largest absolute Gasteiger partial charge is 0.491 e. The SMILES string of the molecule is OB(O)c1cnc2nc(C3CC3)cn2c1. The van der Waals surface area contributed by atoms with E-state index in [9.17, 15) is 0 Å². The molecule has 0 aromatic carbocycles. The monoisotopic (exact) mass is 203 g/mol. The van der Waals surface area contributed by atoms with E-state index in [0.29, 0.717) is 17.2 Å². The molecule has 76 valence electrons. The third kappa shape index (κ3) is 1.51. The van der Waals surface area contributed by atoms with Crippen LogP contribution in [0.25, 0.3) is 5.78 Å². The summed E-state index contributed by atoms with van der Waals surface area (Å²) >= 11 is 0. The third-order valence-corrected chi connectivity index (χ3v) is 2.64. The average molecular weight is 203 g/mol. The molecule has 0 saturated heterocycles. The van der Waals surface area contributed by atoms with E-state index < -0.39 is 7.12 Å². The van der Waals surface area contributed by atoms with E-state index in [-0.39, 0.29) is 0 Å². The Morgan fingerprint density at radius 3 is 2.80 bits per heavy atom. The molecule has 0 radical (unpaired) electrons. The Bertz CT molecular complexity index is 507. The summed E-state index contributed by atoms with van der Waals surface area (Å²) in [6.07, 6.45) is 7.38. The summed E-state index contributed by atoms with van der Waals surface area (Å²) in [5.41, 5.74) is 1.43. The summed E-state index contributed by atoms with van der Waals surface area (Å²) in [6, 6.07) is 0. The third-order valence-electron chi connectivity index (χ3n) is 2.64. The van der Waals surface area contributed by atoms with Crippen molar-refractivity contribution in [3.05, 3.63) is 24.3 Å². The summed E-state index contributed by atoms with van der Waals surface area (Å²) in [7, 11) is -1.48. The lowest BCUT2D eigenvalue weighted by Crippen LogP contribution is -2.31. The van der Waals surface area contributed by atoms with Gasteiger partial charge in [-0.15, -0.1) is 0 Å². The molecule has 0 amide bonds. The van der Waals surface area contributed by atoms with Crippen molar-refractivity contribution in [3.63, 3.8) is 0 Å². The average Bonchev–Trinajstić information content (AvgIpc) is 2.97. The second-order valence-corrected chi connectivity index (χ2v) is 3.91. The molecule has 2 N–H and O–H groups in total. The first kappa shape index (κ1) is 8.88. The lowest BCUT2D eigenvalue weighted by molar-refractivity contribution is 0.425. The normalized spacial score (nSPS) is 15.9. The fraction of sp³-hybridized carbons (Fsp3) is 0.333. The molecule has 15 heavy (non-hydrogen) atoms. The molecule has 2 heterocycles. The molecule has 0 atom stereocenters. The Balaban J connectivity index is 2.09. The van der Waals surface area contributed by atoms with Crippen LogP contribution >= 0.6 is 0 Å². The summed E-state index contributed by atoms with van der Waals surface area (Å²) in [6.45, 7) is 0. The Morgan fingerprint density at radius 1 is 1.33 bits per heavy atom. The van der Waals surface area contributed by atoms with Gasteiger partial charge in [-0.1, -0.05) is 0 Å². The molecule has 0 unspecified atom stereocenters. The van der Waals surface area contributed by atoms with Crippen molar-refractivity contribution in [2.75, 3.05) is 0 Å². The van der Waals surface area contributed by atoms with Gasteiger partial charge in [0.05, 0.1) is 5.69 Å². The minimum Gasteiger partial charge on any atom is -0.423 e. The molecule has 0 aliphatic heterocycles. The van der Waals surface area contributed by atoms with Crippen molar-refractivity contribution in [2.24, 2.45) is 0 Å². The first-order chi connectivity index (χ1) is 7.24. The first-order valence-corrected chi connectivity index (χ1v) is 4.95. The molecule has 1 aliphatic rings. The highest BCUT2D eigenvalue weighted by atomic mass is 16.4. The predicted octanol–water partition coefficient (Wildman–Crippen LogP) is -0.714. The molecule has 1 aliphatic carbocycles. The zero-order chi connectivity index (χ0) is 10.4. The smallest absolute Gasteiger partial charge is 0.423 e. The van der Waals surface area contributed by atoms with Crippen LogP contribution in [0.3, 0.4) is 0 Å². The van der Waals surface area contributed by atoms with E-state index in [1.165, 1.54) is 19.0 Å². The highest BCUT2D eigenvalue weighted by molar-refractivity contribution is 6.58. The van der Waals surface area contributed by atoms with Crippen LogP contribution in [0.5, 0.6) is 0 Å². The zero-order valence-corrected chi connectivity index (χ0v) is 8.04. The highest BCUT2D eigenvalue weighted by Gasteiger charge is 2.26. The van der Waals surface area contributed by atoms with Gasteiger partial charge in [0.1, 0.15) is 0 Å². The van der Waals surface area contributed by atoms with Crippen molar-refractivity contribution in [3.8, 4) is 0 Å². The van der Waals surface area contributed by atoms with E-state index in [4.69, 9.17) is 10.0 Å². The number of fused-ring (bicyclic) bond motifs is 1. The number of imidazole rings is 1. The zero-order valence-electron chi connectivity index (χ0n) is 8.04. The number of rotatable bonds is 2. The van der Waals surface area contributed by atoms with E-state index in [0.717, 1.165) is 5.69 Å². The molecule has 1 fully saturated rings. The van der Waals surface area contributed by atoms with Crippen LogP contribution in [-0.2, 0) is 0 Å². The first-order valence-electron chi connectivity index (χ1n) is 4.95. The molecule has 0 bridgehead atoms. The van der Waals surface area contributed by atoms with E-state index in [1.807, 2.05) is 6.20 Å². The van der Waals surface area contributed by atoms with Gasteiger partial charge in [-0.05, 0) is 12.8 Å². The minimum atomic E-state index is -1.48. The van der Waals surface area contributed by atoms with Crippen molar-refractivity contribution >= 4 is 18.4 Å². The lowest BCUT2D eigenvalue weighted by atomic mass is 9.83. The Morgan fingerprint density at radius 2 is 2.13 bits per heavy atom. The predicted molar refractivity (Wildman–Crippen MR) is 54.8 cm³/mol. The fourth-order valence-electron chi connectivity index (χ4n) is 1.63. The topological polar surface area (TPSA) is 70.7 Å².